The van der Waals surface area contributed by atoms with Crippen molar-refractivity contribution in [2.45, 2.75) is 58.7 Å². The second-order valence-electron chi connectivity index (χ2n) is 8.52. The topological polar surface area (TPSA) is 86.8 Å². The summed E-state index contributed by atoms with van der Waals surface area (Å²) in [5.74, 6) is -1.18. The van der Waals surface area contributed by atoms with Crippen LogP contribution in [0.2, 0.25) is 5.02 Å². The zero-order chi connectivity index (χ0) is 24.8. The van der Waals surface area contributed by atoms with Gasteiger partial charge in [0, 0.05) is 30.6 Å². The van der Waals surface area contributed by atoms with Crippen molar-refractivity contribution in [1.82, 2.24) is 15.1 Å². The molecule has 0 saturated carbocycles. The fourth-order valence-corrected chi connectivity index (χ4v) is 4.03. The van der Waals surface area contributed by atoms with E-state index < -0.39 is 6.04 Å². The van der Waals surface area contributed by atoms with Crippen LogP contribution < -0.4 is 5.32 Å². The van der Waals surface area contributed by atoms with Gasteiger partial charge in [-0.25, -0.2) is 0 Å². The quantitative estimate of drug-likeness (QED) is 0.516. The van der Waals surface area contributed by atoms with Crippen molar-refractivity contribution in [1.29, 1.82) is 0 Å². The van der Waals surface area contributed by atoms with E-state index >= 15 is 0 Å². The molecule has 3 rings (SSSR count). The molecule has 2 atom stereocenters. The molecule has 2 aromatic rings. The summed E-state index contributed by atoms with van der Waals surface area (Å²) in [6.07, 6.45) is 1.15. The maximum atomic E-state index is 13.2. The van der Waals surface area contributed by atoms with Gasteiger partial charge in [-0.15, -0.1) is 0 Å². The molecule has 1 aliphatic rings. The number of nitrogens with one attached hydrogen (secondary N) is 1. The SMILES string of the molecule is CCC(C)NC(=O)C(C)N(Cc1ccccc1Cl)C(=O)CCCN1C(=O)c2ccccc2C1=O. The molecule has 34 heavy (non-hydrogen) atoms. The molecule has 1 heterocycles. The second kappa shape index (κ2) is 11.3. The van der Waals surface area contributed by atoms with Gasteiger partial charge in [0.2, 0.25) is 11.8 Å². The number of carbonyl (C=O) groups excluding carboxylic acids is 4. The number of carbonyl (C=O) groups is 4. The number of hydrogen-bond acceptors (Lipinski definition) is 4. The lowest BCUT2D eigenvalue weighted by Gasteiger charge is -2.30. The highest BCUT2D eigenvalue weighted by atomic mass is 35.5. The Morgan fingerprint density at radius 1 is 1.00 bits per heavy atom. The first kappa shape index (κ1) is 25.4. The third-order valence-electron chi connectivity index (χ3n) is 6.12. The Balaban J connectivity index is 1.68. The molecule has 0 fully saturated rings. The molecule has 1 N–H and O–H groups in total. The Bertz CT molecular complexity index is 1050. The van der Waals surface area contributed by atoms with Gasteiger partial charge in [0.15, 0.2) is 0 Å². The van der Waals surface area contributed by atoms with Gasteiger partial charge >= 0.3 is 0 Å². The zero-order valence-corrected chi connectivity index (χ0v) is 20.5. The van der Waals surface area contributed by atoms with Crippen LogP contribution in [0.3, 0.4) is 0 Å². The zero-order valence-electron chi connectivity index (χ0n) is 19.7. The van der Waals surface area contributed by atoms with E-state index in [9.17, 15) is 19.2 Å². The predicted octanol–water partition coefficient (Wildman–Crippen LogP) is 4.05. The van der Waals surface area contributed by atoms with E-state index in [1.54, 1.807) is 43.3 Å². The third kappa shape index (κ3) is 5.65. The Morgan fingerprint density at radius 2 is 1.59 bits per heavy atom. The van der Waals surface area contributed by atoms with Crippen LogP contribution in [0.5, 0.6) is 0 Å². The number of hydrogen-bond donors (Lipinski definition) is 1. The molecule has 4 amide bonds. The summed E-state index contributed by atoms with van der Waals surface area (Å²) in [6, 6.07) is 13.2. The van der Waals surface area contributed by atoms with Crippen molar-refractivity contribution in [3.05, 3.63) is 70.2 Å². The van der Waals surface area contributed by atoms with Gasteiger partial charge in [0.25, 0.3) is 11.8 Å². The van der Waals surface area contributed by atoms with Crippen LogP contribution in [0, 0.1) is 0 Å². The lowest BCUT2D eigenvalue weighted by molar-refractivity contribution is -0.141. The van der Waals surface area contributed by atoms with Gasteiger partial charge in [0.05, 0.1) is 11.1 Å². The first-order valence-electron chi connectivity index (χ1n) is 11.5. The predicted molar refractivity (Wildman–Crippen MR) is 130 cm³/mol. The van der Waals surface area contributed by atoms with Crippen LogP contribution in [-0.2, 0) is 16.1 Å². The summed E-state index contributed by atoms with van der Waals surface area (Å²) in [4.78, 5) is 53.8. The maximum absolute atomic E-state index is 13.2. The van der Waals surface area contributed by atoms with Crippen LogP contribution in [-0.4, -0.2) is 52.1 Å². The molecule has 0 radical (unpaired) electrons. The van der Waals surface area contributed by atoms with Gasteiger partial charge < -0.3 is 10.2 Å². The van der Waals surface area contributed by atoms with Gasteiger partial charge in [-0.05, 0) is 50.5 Å². The van der Waals surface area contributed by atoms with Gasteiger partial charge in [-0.3, -0.25) is 24.1 Å². The van der Waals surface area contributed by atoms with E-state index in [1.165, 1.54) is 9.80 Å². The summed E-state index contributed by atoms with van der Waals surface area (Å²) in [6.45, 7) is 5.89. The molecule has 0 aromatic heterocycles. The highest BCUT2D eigenvalue weighted by molar-refractivity contribution is 6.31. The Labute approximate surface area is 205 Å². The van der Waals surface area contributed by atoms with Crippen LogP contribution in [0.25, 0.3) is 0 Å². The number of nitrogens with zero attached hydrogens (tertiary/aromatic N) is 2. The lowest BCUT2D eigenvalue weighted by atomic mass is 10.1. The molecular weight excluding hydrogens is 454 g/mol. The maximum Gasteiger partial charge on any atom is 0.261 e. The van der Waals surface area contributed by atoms with E-state index in [0.717, 1.165) is 12.0 Å². The normalized spacial score (nSPS) is 14.5. The number of rotatable bonds is 10. The van der Waals surface area contributed by atoms with E-state index in [4.69, 9.17) is 11.6 Å². The molecule has 7 nitrogen and oxygen atoms in total. The average Bonchev–Trinajstić information content (AvgIpc) is 3.07. The van der Waals surface area contributed by atoms with Crippen LogP contribution in [0.1, 0.15) is 66.3 Å². The molecule has 2 unspecified atom stereocenters. The van der Waals surface area contributed by atoms with Crippen molar-refractivity contribution in [2.75, 3.05) is 6.54 Å². The minimum absolute atomic E-state index is 0.0129. The van der Waals surface area contributed by atoms with E-state index in [1.807, 2.05) is 26.0 Å². The van der Waals surface area contributed by atoms with Crippen molar-refractivity contribution < 1.29 is 19.2 Å². The number of fused-ring (bicyclic) bond motifs is 1. The molecule has 1 aliphatic heterocycles. The number of imide groups is 1. The van der Waals surface area contributed by atoms with Crippen molar-refractivity contribution in [2.24, 2.45) is 0 Å². The molecule has 0 bridgehead atoms. The third-order valence-corrected chi connectivity index (χ3v) is 6.49. The number of amides is 4. The smallest absolute Gasteiger partial charge is 0.261 e. The fraction of sp³-hybridized carbons (Fsp3) is 0.385. The van der Waals surface area contributed by atoms with E-state index in [2.05, 4.69) is 5.32 Å². The summed E-state index contributed by atoms with van der Waals surface area (Å²) in [5.41, 5.74) is 1.50. The minimum Gasteiger partial charge on any atom is -0.352 e. The first-order chi connectivity index (χ1) is 16.2. The van der Waals surface area contributed by atoms with Crippen LogP contribution in [0.4, 0.5) is 0 Å². The molecule has 8 heteroatoms. The van der Waals surface area contributed by atoms with Crippen molar-refractivity contribution >= 4 is 35.2 Å². The molecule has 180 valence electrons. The van der Waals surface area contributed by atoms with Crippen molar-refractivity contribution in [3.8, 4) is 0 Å². The number of benzene rings is 2. The summed E-state index contributed by atoms with van der Waals surface area (Å²) >= 11 is 6.31. The highest BCUT2D eigenvalue weighted by Crippen LogP contribution is 2.23. The standard InChI is InChI=1S/C26H30ClN3O4/c1-4-17(2)28-24(32)18(3)30(16-19-10-5-8-13-22(19)27)23(31)14-9-15-29-25(33)20-11-6-7-12-21(20)26(29)34/h5-8,10-13,17-18H,4,9,14-16H2,1-3H3,(H,28,32). The first-order valence-corrected chi connectivity index (χ1v) is 11.9. The Morgan fingerprint density at radius 3 is 2.18 bits per heavy atom. The van der Waals surface area contributed by atoms with Crippen LogP contribution >= 0.6 is 11.6 Å². The molecule has 0 spiro atoms. The summed E-state index contributed by atoms with van der Waals surface area (Å²) in [7, 11) is 0. The molecule has 0 saturated heterocycles. The van der Waals surface area contributed by atoms with Gasteiger partial charge in [-0.1, -0.05) is 48.9 Å². The van der Waals surface area contributed by atoms with E-state index in [-0.39, 0.29) is 49.2 Å². The summed E-state index contributed by atoms with van der Waals surface area (Å²) < 4.78 is 0. The van der Waals surface area contributed by atoms with Gasteiger partial charge in [-0.2, -0.15) is 0 Å². The minimum atomic E-state index is -0.711. The fourth-order valence-electron chi connectivity index (χ4n) is 3.83. The highest BCUT2D eigenvalue weighted by Gasteiger charge is 2.35. The largest absolute Gasteiger partial charge is 0.352 e. The Hall–Kier alpha value is -3.19. The van der Waals surface area contributed by atoms with Crippen LogP contribution in [0.15, 0.2) is 48.5 Å². The molecule has 0 aliphatic carbocycles. The monoisotopic (exact) mass is 483 g/mol. The number of halogens is 1. The Kier molecular flexibility index (Phi) is 8.45. The molecular formula is C26H30ClN3O4. The van der Waals surface area contributed by atoms with E-state index in [0.29, 0.717) is 22.6 Å². The molecule has 2 aromatic carbocycles. The second-order valence-corrected chi connectivity index (χ2v) is 8.93. The average molecular weight is 484 g/mol. The lowest BCUT2D eigenvalue weighted by Crippen LogP contribution is -2.49. The van der Waals surface area contributed by atoms with Gasteiger partial charge in [0.1, 0.15) is 6.04 Å². The summed E-state index contributed by atoms with van der Waals surface area (Å²) in [5, 5.41) is 3.44. The van der Waals surface area contributed by atoms with Crippen molar-refractivity contribution in [3.63, 3.8) is 0 Å².